The highest BCUT2D eigenvalue weighted by atomic mass is 31.2. The van der Waals surface area contributed by atoms with Crippen LogP contribution in [-0.2, 0) is 9.09 Å². The molecule has 0 fully saturated rings. The molecule has 0 bridgehead atoms. The van der Waals surface area contributed by atoms with E-state index in [9.17, 15) is 9.46 Å². The van der Waals surface area contributed by atoms with Gasteiger partial charge in [0.1, 0.15) is 5.82 Å². The van der Waals surface area contributed by atoms with E-state index in [0.29, 0.717) is 11.5 Å². The summed E-state index contributed by atoms with van der Waals surface area (Å²) < 4.78 is 17.2. The van der Waals surface area contributed by atoms with Crippen LogP contribution in [0.2, 0.25) is 0 Å². The topological polar surface area (TPSA) is 87.2 Å². The van der Waals surface area contributed by atoms with Crippen molar-refractivity contribution in [2.75, 3.05) is 11.9 Å². The molecule has 0 aliphatic rings. The van der Waals surface area contributed by atoms with Gasteiger partial charge in [0.15, 0.2) is 5.78 Å². The summed E-state index contributed by atoms with van der Waals surface area (Å²) in [6.45, 7) is 1.84. The van der Waals surface area contributed by atoms with Gasteiger partial charge in [-0.25, -0.2) is 4.98 Å². The molecule has 0 radical (unpaired) electrons. The van der Waals surface area contributed by atoms with Crippen molar-refractivity contribution in [3.8, 4) is 0 Å². The standard InChI is InChI=1S/C12H16N3O3P/c1-2-18-19(16,17)12(10-6-5-9-13-10)15-11-7-3-4-8-14-11/h3-9,12-13H,2H2,1H3,(H,14,15)(H,16,17). The number of hydrogen-bond acceptors (Lipinski definition) is 4. The Hall–Kier alpha value is -1.62. The Morgan fingerprint density at radius 2 is 2.32 bits per heavy atom. The number of rotatable bonds is 6. The Balaban J connectivity index is 2.28. The van der Waals surface area contributed by atoms with Crippen molar-refractivity contribution in [2.45, 2.75) is 12.7 Å². The van der Waals surface area contributed by atoms with Gasteiger partial charge in [0.25, 0.3) is 0 Å². The van der Waals surface area contributed by atoms with Gasteiger partial charge in [-0.3, -0.25) is 4.57 Å². The molecule has 19 heavy (non-hydrogen) atoms. The molecular weight excluding hydrogens is 265 g/mol. The van der Waals surface area contributed by atoms with Gasteiger partial charge < -0.3 is 19.7 Å². The molecule has 0 saturated heterocycles. The molecule has 2 aromatic rings. The van der Waals surface area contributed by atoms with E-state index in [1.54, 1.807) is 49.6 Å². The van der Waals surface area contributed by atoms with Crippen LogP contribution in [0.4, 0.5) is 5.82 Å². The van der Waals surface area contributed by atoms with Crippen molar-refractivity contribution in [3.63, 3.8) is 0 Å². The largest absolute Gasteiger partial charge is 0.363 e. The molecule has 0 aliphatic carbocycles. The van der Waals surface area contributed by atoms with Crippen molar-refractivity contribution in [1.82, 2.24) is 9.97 Å². The summed E-state index contributed by atoms with van der Waals surface area (Å²) in [4.78, 5) is 17.0. The summed E-state index contributed by atoms with van der Waals surface area (Å²) in [5, 5.41) is 2.93. The average Bonchev–Trinajstić information content (AvgIpc) is 2.90. The molecule has 2 rings (SSSR count). The fourth-order valence-electron chi connectivity index (χ4n) is 1.70. The van der Waals surface area contributed by atoms with Crippen molar-refractivity contribution < 1.29 is 14.0 Å². The second kappa shape index (κ2) is 6.02. The molecule has 102 valence electrons. The molecule has 2 atom stereocenters. The van der Waals surface area contributed by atoms with Gasteiger partial charge in [-0.2, -0.15) is 0 Å². The van der Waals surface area contributed by atoms with E-state index in [1.807, 2.05) is 0 Å². The van der Waals surface area contributed by atoms with E-state index >= 15 is 0 Å². The first-order chi connectivity index (χ1) is 9.13. The fourth-order valence-corrected chi connectivity index (χ4v) is 3.02. The monoisotopic (exact) mass is 281 g/mol. The number of pyridine rings is 1. The van der Waals surface area contributed by atoms with Crippen LogP contribution < -0.4 is 5.32 Å². The summed E-state index contributed by atoms with van der Waals surface area (Å²) in [6.07, 6.45) is 3.30. The lowest BCUT2D eigenvalue weighted by molar-refractivity contribution is 0.266. The lowest BCUT2D eigenvalue weighted by atomic mass is 10.4. The summed E-state index contributed by atoms with van der Waals surface area (Å²) in [5.74, 6) is -0.367. The molecule has 7 heteroatoms. The van der Waals surface area contributed by atoms with Crippen LogP contribution in [0.15, 0.2) is 42.7 Å². The molecule has 3 N–H and O–H groups in total. The Morgan fingerprint density at radius 1 is 1.47 bits per heavy atom. The summed E-state index contributed by atoms with van der Waals surface area (Å²) in [5.41, 5.74) is 0.574. The summed E-state index contributed by atoms with van der Waals surface area (Å²) in [7, 11) is -3.84. The predicted octanol–water partition coefficient (Wildman–Crippen LogP) is 2.74. The zero-order valence-electron chi connectivity index (χ0n) is 10.5. The van der Waals surface area contributed by atoms with E-state index in [0.717, 1.165) is 0 Å². The Kier molecular flexibility index (Phi) is 4.37. The maximum atomic E-state index is 12.2. The van der Waals surface area contributed by atoms with E-state index in [4.69, 9.17) is 4.52 Å². The molecule has 0 aliphatic heterocycles. The zero-order valence-corrected chi connectivity index (χ0v) is 11.4. The Labute approximate surface area is 111 Å². The highest BCUT2D eigenvalue weighted by Gasteiger charge is 2.34. The quantitative estimate of drug-likeness (QED) is 0.709. The molecule has 0 saturated carbocycles. The number of H-pyrrole nitrogens is 1. The van der Waals surface area contributed by atoms with E-state index in [2.05, 4.69) is 15.3 Å². The van der Waals surface area contributed by atoms with Crippen LogP contribution in [-0.4, -0.2) is 21.5 Å². The number of aromatic amines is 1. The third kappa shape index (κ3) is 3.44. The first kappa shape index (κ1) is 13.8. The maximum Gasteiger partial charge on any atom is 0.356 e. The van der Waals surface area contributed by atoms with Gasteiger partial charge >= 0.3 is 7.60 Å². The summed E-state index contributed by atoms with van der Waals surface area (Å²) in [6, 6.07) is 8.78. The van der Waals surface area contributed by atoms with E-state index in [1.165, 1.54) is 0 Å². The molecule has 2 heterocycles. The first-order valence-corrected chi connectivity index (χ1v) is 7.56. The van der Waals surface area contributed by atoms with Crippen LogP contribution in [0.3, 0.4) is 0 Å². The van der Waals surface area contributed by atoms with Gasteiger partial charge in [0.2, 0.25) is 0 Å². The van der Waals surface area contributed by atoms with Gasteiger partial charge in [0, 0.05) is 18.1 Å². The van der Waals surface area contributed by atoms with Crippen molar-refractivity contribution in [1.29, 1.82) is 0 Å². The predicted molar refractivity (Wildman–Crippen MR) is 72.8 cm³/mol. The molecule has 2 unspecified atom stereocenters. The van der Waals surface area contributed by atoms with Crippen LogP contribution in [0, 0.1) is 0 Å². The number of aromatic nitrogens is 2. The minimum absolute atomic E-state index is 0.162. The van der Waals surface area contributed by atoms with Crippen LogP contribution >= 0.6 is 7.60 Å². The van der Waals surface area contributed by atoms with Crippen LogP contribution in [0.25, 0.3) is 0 Å². The number of hydrogen-bond donors (Lipinski definition) is 3. The molecular formula is C12H16N3O3P. The molecule has 6 nitrogen and oxygen atoms in total. The normalized spacial score (nSPS) is 15.7. The first-order valence-electron chi connectivity index (χ1n) is 5.91. The van der Waals surface area contributed by atoms with Crippen molar-refractivity contribution in [2.24, 2.45) is 0 Å². The number of nitrogens with one attached hydrogen (secondary N) is 2. The highest BCUT2D eigenvalue weighted by molar-refractivity contribution is 7.53. The SMILES string of the molecule is CCOP(=O)(O)C(Nc1ccccn1)c1ccc[nH]1. The third-order valence-corrected chi connectivity index (χ3v) is 4.19. The molecule has 2 aromatic heterocycles. The zero-order chi connectivity index (χ0) is 13.7. The van der Waals surface area contributed by atoms with Crippen LogP contribution in [0.1, 0.15) is 18.4 Å². The number of nitrogens with zero attached hydrogens (tertiary/aromatic N) is 1. The smallest absolute Gasteiger partial charge is 0.356 e. The molecule has 0 spiro atoms. The lowest BCUT2D eigenvalue weighted by Gasteiger charge is -2.22. The van der Waals surface area contributed by atoms with Gasteiger partial charge in [-0.05, 0) is 31.2 Å². The minimum atomic E-state index is -3.84. The van der Waals surface area contributed by atoms with Crippen molar-refractivity contribution in [3.05, 3.63) is 48.4 Å². The van der Waals surface area contributed by atoms with Gasteiger partial charge in [-0.15, -0.1) is 0 Å². The van der Waals surface area contributed by atoms with Crippen LogP contribution in [0.5, 0.6) is 0 Å². The van der Waals surface area contributed by atoms with E-state index < -0.39 is 13.4 Å². The van der Waals surface area contributed by atoms with Gasteiger partial charge in [-0.1, -0.05) is 6.07 Å². The second-order valence-electron chi connectivity index (χ2n) is 3.87. The second-order valence-corrected chi connectivity index (χ2v) is 5.77. The maximum absolute atomic E-state index is 12.2. The van der Waals surface area contributed by atoms with Gasteiger partial charge in [0.05, 0.1) is 6.61 Å². The minimum Gasteiger partial charge on any atom is -0.363 e. The fraction of sp³-hybridized carbons (Fsp3) is 0.250. The summed E-state index contributed by atoms with van der Waals surface area (Å²) >= 11 is 0. The molecule has 0 amide bonds. The number of anilines is 1. The molecule has 0 aromatic carbocycles. The lowest BCUT2D eigenvalue weighted by Crippen LogP contribution is -2.14. The third-order valence-electron chi connectivity index (χ3n) is 2.51. The van der Waals surface area contributed by atoms with Crippen molar-refractivity contribution >= 4 is 13.4 Å². The average molecular weight is 281 g/mol. The Morgan fingerprint density at radius 3 is 2.89 bits per heavy atom. The highest BCUT2D eigenvalue weighted by Crippen LogP contribution is 2.55. The Bertz CT molecular complexity index is 545. The van der Waals surface area contributed by atoms with E-state index in [-0.39, 0.29) is 6.61 Å².